The molecule has 0 aliphatic rings. The van der Waals surface area contributed by atoms with Crippen molar-refractivity contribution in [3.05, 3.63) is 24.3 Å². The Kier molecular flexibility index (Phi) is 72.2. The minimum Gasteiger partial charge on any atom is -0.462 e. The summed E-state index contributed by atoms with van der Waals surface area (Å²) in [7, 11) is -9.94. The van der Waals surface area contributed by atoms with Gasteiger partial charge in [0, 0.05) is 25.7 Å². The largest absolute Gasteiger partial charge is 0.472 e. The molecule has 0 amide bonds. The van der Waals surface area contributed by atoms with Crippen molar-refractivity contribution in [1.29, 1.82) is 0 Å². The number of allylic oxidation sites excluding steroid dienone is 4. The van der Waals surface area contributed by atoms with Crippen LogP contribution in [0.1, 0.15) is 414 Å². The van der Waals surface area contributed by atoms with Crippen LogP contribution in [0.25, 0.3) is 0 Å². The summed E-state index contributed by atoms with van der Waals surface area (Å²) in [5.41, 5.74) is 0. The maximum Gasteiger partial charge on any atom is 0.472 e. The van der Waals surface area contributed by atoms with E-state index in [1.807, 2.05) is 0 Å². The monoisotopic (exact) mass is 1490 g/mol. The lowest BCUT2D eigenvalue weighted by Crippen LogP contribution is -2.30. The second-order valence-electron chi connectivity index (χ2n) is 30.1. The Hall–Kier alpha value is -2.46. The van der Waals surface area contributed by atoms with Crippen LogP contribution in [-0.4, -0.2) is 96.7 Å². The smallest absolute Gasteiger partial charge is 0.462 e. The second-order valence-corrected chi connectivity index (χ2v) is 33.0. The topological polar surface area (TPSA) is 237 Å². The fourth-order valence-electron chi connectivity index (χ4n) is 12.3. The Balaban J connectivity index is 5.28. The number of ether oxygens (including phenoxy) is 4. The van der Waals surface area contributed by atoms with Gasteiger partial charge in [0.1, 0.15) is 19.3 Å². The molecule has 0 aromatic heterocycles. The van der Waals surface area contributed by atoms with E-state index in [-0.39, 0.29) is 25.7 Å². The van der Waals surface area contributed by atoms with E-state index in [4.69, 9.17) is 37.0 Å². The Labute approximate surface area is 624 Å². The van der Waals surface area contributed by atoms with Gasteiger partial charge >= 0.3 is 39.5 Å². The van der Waals surface area contributed by atoms with E-state index in [2.05, 4.69) is 65.8 Å². The fourth-order valence-corrected chi connectivity index (χ4v) is 13.9. The lowest BCUT2D eigenvalue weighted by molar-refractivity contribution is -0.161. The maximum absolute atomic E-state index is 13.1. The molecular formula is C83H158O17P2. The van der Waals surface area contributed by atoms with Gasteiger partial charge in [-0.05, 0) is 63.2 Å². The lowest BCUT2D eigenvalue weighted by atomic mass is 10.0. The number of hydrogen-bond donors (Lipinski definition) is 3. The average molecular weight is 1490 g/mol. The molecule has 0 heterocycles. The summed E-state index contributed by atoms with van der Waals surface area (Å²) in [6.07, 6.45) is 67.5. The Bertz CT molecular complexity index is 2050. The van der Waals surface area contributed by atoms with E-state index in [0.717, 1.165) is 121 Å². The van der Waals surface area contributed by atoms with Crippen LogP contribution < -0.4 is 0 Å². The summed E-state index contributed by atoms with van der Waals surface area (Å²) in [4.78, 5) is 73.1. The van der Waals surface area contributed by atoms with Crippen LogP contribution in [0, 0.1) is 11.8 Å². The van der Waals surface area contributed by atoms with Crippen molar-refractivity contribution in [2.75, 3.05) is 39.6 Å². The number of carbonyl (C=O) groups excluding carboxylic acids is 4. The molecule has 0 spiro atoms. The summed E-state index contributed by atoms with van der Waals surface area (Å²) in [6, 6.07) is 0. The molecule has 0 aliphatic heterocycles. The van der Waals surface area contributed by atoms with Crippen LogP contribution in [0.2, 0.25) is 0 Å². The number of esters is 4. The fraction of sp³-hybridized carbons (Fsp3) is 0.904. The molecule has 0 rings (SSSR count). The van der Waals surface area contributed by atoms with Gasteiger partial charge in [-0.2, -0.15) is 0 Å². The molecule has 602 valence electrons. The second kappa shape index (κ2) is 74.0. The van der Waals surface area contributed by atoms with Crippen molar-refractivity contribution in [2.24, 2.45) is 11.8 Å². The minimum absolute atomic E-state index is 0.0847. The van der Waals surface area contributed by atoms with Crippen LogP contribution in [0.15, 0.2) is 24.3 Å². The lowest BCUT2D eigenvalue weighted by Gasteiger charge is -2.21. The molecule has 0 saturated heterocycles. The predicted octanol–water partition coefficient (Wildman–Crippen LogP) is 24.6. The van der Waals surface area contributed by atoms with Gasteiger partial charge in [0.25, 0.3) is 0 Å². The highest BCUT2D eigenvalue weighted by molar-refractivity contribution is 7.47. The summed E-state index contributed by atoms with van der Waals surface area (Å²) in [5, 5.41) is 10.7. The molecule has 19 heteroatoms. The quantitative estimate of drug-likeness (QED) is 0.0169. The average Bonchev–Trinajstić information content (AvgIpc) is 0.917. The van der Waals surface area contributed by atoms with E-state index in [1.54, 1.807) is 0 Å². The number of phosphoric ester groups is 2. The van der Waals surface area contributed by atoms with Gasteiger partial charge < -0.3 is 33.8 Å². The van der Waals surface area contributed by atoms with E-state index in [1.165, 1.54) is 212 Å². The van der Waals surface area contributed by atoms with Gasteiger partial charge in [-0.1, -0.05) is 361 Å². The number of carbonyl (C=O) groups is 4. The molecule has 0 radical (unpaired) electrons. The van der Waals surface area contributed by atoms with Crippen molar-refractivity contribution in [3.63, 3.8) is 0 Å². The van der Waals surface area contributed by atoms with Crippen molar-refractivity contribution >= 4 is 39.5 Å². The Morgan fingerprint density at radius 3 is 0.804 bits per heavy atom. The third-order valence-corrected chi connectivity index (χ3v) is 20.7. The van der Waals surface area contributed by atoms with E-state index < -0.39 is 97.5 Å². The molecule has 17 nitrogen and oxygen atoms in total. The van der Waals surface area contributed by atoms with E-state index in [9.17, 15) is 43.2 Å². The van der Waals surface area contributed by atoms with Gasteiger partial charge in [0.2, 0.25) is 0 Å². The normalized spacial score (nSPS) is 14.0. The summed E-state index contributed by atoms with van der Waals surface area (Å²) >= 11 is 0. The number of hydrogen-bond acceptors (Lipinski definition) is 15. The number of unbranched alkanes of at least 4 members (excludes halogenated alkanes) is 47. The first-order valence-electron chi connectivity index (χ1n) is 42.3. The molecule has 0 aromatic carbocycles. The highest BCUT2D eigenvalue weighted by Crippen LogP contribution is 2.45. The van der Waals surface area contributed by atoms with Gasteiger partial charge in [-0.3, -0.25) is 37.3 Å². The van der Waals surface area contributed by atoms with Crippen LogP contribution >= 0.6 is 15.6 Å². The third-order valence-electron chi connectivity index (χ3n) is 18.8. The SMILES string of the molecule is CCCCCC/C=C\C=C/CCCCCCCC(=O)O[C@H](COC(=O)CCCCCCCCCCC(C)C)COP(=O)(O)OC[C@H](O)COP(=O)(O)OC[C@@H](COC(=O)CCCCCCCCCCCCCCCC(C)C)OC(=O)CCCCCCCCCCCCCCCCCCCCCC. The van der Waals surface area contributed by atoms with Gasteiger partial charge in [0.15, 0.2) is 12.2 Å². The van der Waals surface area contributed by atoms with Gasteiger partial charge in [-0.25, -0.2) is 9.13 Å². The van der Waals surface area contributed by atoms with Crippen LogP contribution in [-0.2, 0) is 65.4 Å². The molecule has 0 fully saturated rings. The Morgan fingerprint density at radius 1 is 0.304 bits per heavy atom. The number of aliphatic hydroxyl groups is 1. The highest BCUT2D eigenvalue weighted by Gasteiger charge is 2.30. The molecule has 0 aromatic rings. The van der Waals surface area contributed by atoms with Crippen molar-refractivity contribution < 1.29 is 80.2 Å². The molecule has 0 saturated carbocycles. The third kappa shape index (κ3) is 75.8. The number of phosphoric acid groups is 2. The summed E-state index contributed by atoms with van der Waals surface area (Å²) in [5.74, 6) is -0.625. The predicted molar refractivity (Wildman–Crippen MR) is 418 cm³/mol. The maximum atomic E-state index is 13.1. The zero-order valence-electron chi connectivity index (χ0n) is 66.4. The van der Waals surface area contributed by atoms with Crippen LogP contribution in [0.5, 0.6) is 0 Å². The van der Waals surface area contributed by atoms with Crippen molar-refractivity contribution in [3.8, 4) is 0 Å². The molecule has 2 unspecified atom stereocenters. The van der Waals surface area contributed by atoms with E-state index in [0.29, 0.717) is 25.7 Å². The van der Waals surface area contributed by atoms with Crippen LogP contribution in [0.3, 0.4) is 0 Å². The first-order chi connectivity index (χ1) is 49.4. The minimum atomic E-state index is -4.97. The van der Waals surface area contributed by atoms with Crippen molar-refractivity contribution in [2.45, 2.75) is 432 Å². The van der Waals surface area contributed by atoms with Crippen LogP contribution in [0.4, 0.5) is 0 Å². The van der Waals surface area contributed by atoms with Crippen molar-refractivity contribution in [1.82, 2.24) is 0 Å². The first kappa shape index (κ1) is 99.5. The highest BCUT2D eigenvalue weighted by atomic mass is 31.2. The summed E-state index contributed by atoms with van der Waals surface area (Å²) < 4.78 is 68.7. The molecule has 102 heavy (non-hydrogen) atoms. The molecule has 5 atom stereocenters. The standard InChI is InChI=1S/C83H158O17P2/c1-7-9-11-13-15-17-19-21-23-24-25-26-27-29-33-38-42-50-56-62-68-82(87)99-78(71-93-80(85)65-59-53-47-40-36-34-30-31-35-39-45-51-57-63-75(3)4)73-97-101(89,90)95-69-77(84)70-96-102(91,92)98-74-79(72-94-81(86)66-60-54-48-44-43-46-52-58-64-76(5)6)100-83(88)67-61-55-49-41-37-32-28-22-20-18-16-14-12-10-8-2/h18,20,22,28,75-79,84H,7-17,19,21,23-27,29-74H2,1-6H3,(H,89,90)(H,91,92)/b20-18-,28-22-/t77-,78-,79-/m1/s1. The molecule has 3 N–H and O–H groups in total. The molecule has 0 aliphatic carbocycles. The zero-order valence-corrected chi connectivity index (χ0v) is 68.2. The number of aliphatic hydroxyl groups excluding tert-OH is 1. The zero-order chi connectivity index (χ0) is 74.9. The number of rotatable bonds is 80. The Morgan fingerprint density at radius 2 is 0.529 bits per heavy atom. The van der Waals surface area contributed by atoms with Gasteiger partial charge in [-0.15, -0.1) is 0 Å². The molecule has 0 bridgehead atoms. The van der Waals surface area contributed by atoms with E-state index >= 15 is 0 Å². The molecular weight excluding hydrogens is 1330 g/mol. The first-order valence-corrected chi connectivity index (χ1v) is 45.3. The van der Waals surface area contributed by atoms with Gasteiger partial charge in [0.05, 0.1) is 26.4 Å². The summed E-state index contributed by atoms with van der Waals surface area (Å²) in [6.45, 7) is 9.56.